The number of hydrogen-bond donors (Lipinski definition) is 1. The van der Waals surface area contributed by atoms with Gasteiger partial charge in [-0.05, 0) is 51.6 Å². The molecule has 1 saturated heterocycles. The summed E-state index contributed by atoms with van der Waals surface area (Å²) in [5, 5.41) is 0. The van der Waals surface area contributed by atoms with Gasteiger partial charge >= 0.3 is 0 Å². The molecule has 1 heterocycles. The summed E-state index contributed by atoms with van der Waals surface area (Å²) in [7, 11) is 0. The third-order valence-corrected chi connectivity index (χ3v) is 3.90. The van der Waals surface area contributed by atoms with Gasteiger partial charge in [0, 0.05) is 11.6 Å². The smallest absolute Gasteiger partial charge is 0.0169 e. The van der Waals surface area contributed by atoms with Gasteiger partial charge in [-0.15, -0.1) is 0 Å². The van der Waals surface area contributed by atoms with E-state index in [9.17, 15) is 0 Å². The molecule has 2 N–H and O–H groups in total. The Morgan fingerprint density at radius 3 is 2.69 bits per heavy atom. The summed E-state index contributed by atoms with van der Waals surface area (Å²) >= 11 is 0. The standard InChI is InChI=1S/C11H22N2/c1-2-13-8-3-5-10(13)9-11(12)6-4-7-11/h10H,2-9,12H2,1H3. The van der Waals surface area contributed by atoms with Crippen LogP contribution in [0.25, 0.3) is 0 Å². The molecule has 2 aliphatic rings. The molecule has 0 spiro atoms. The molecule has 2 heteroatoms. The molecule has 2 nitrogen and oxygen atoms in total. The number of rotatable bonds is 3. The van der Waals surface area contributed by atoms with Crippen molar-refractivity contribution in [2.45, 2.75) is 57.0 Å². The molecule has 0 radical (unpaired) electrons. The Hall–Kier alpha value is -0.0800. The van der Waals surface area contributed by atoms with Crippen LogP contribution in [0.4, 0.5) is 0 Å². The van der Waals surface area contributed by atoms with Crippen molar-refractivity contribution in [3.8, 4) is 0 Å². The summed E-state index contributed by atoms with van der Waals surface area (Å²) in [6, 6.07) is 0.801. The van der Waals surface area contributed by atoms with Gasteiger partial charge in [0.2, 0.25) is 0 Å². The molecule has 0 amide bonds. The van der Waals surface area contributed by atoms with Gasteiger partial charge in [-0.2, -0.15) is 0 Å². The van der Waals surface area contributed by atoms with E-state index in [1.165, 1.54) is 51.6 Å². The van der Waals surface area contributed by atoms with Crippen LogP contribution in [0, 0.1) is 0 Å². The monoisotopic (exact) mass is 182 g/mol. The second-order valence-corrected chi connectivity index (χ2v) is 4.84. The SMILES string of the molecule is CCN1CCCC1CC1(N)CCC1. The van der Waals surface area contributed by atoms with E-state index in [0.29, 0.717) is 0 Å². The van der Waals surface area contributed by atoms with Gasteiger partial charge in [-0.1, -0.05) is 6.92 Å². The Kier molecular flexibility index (Phi) is 2.61. The lowest BCUT2D eigenvalue weighted by Crippen LogP contribution is -2.50. The molecule has 1 aliphatic heterocycles. The molecule has 1 aliphatic carbocycles. The highest BCUT2D eigenvalue weighted by atomic mass is 15.2. The molecule has 1 unspecified atom stereocenters. The molecule has 1 saturated carbocycles. The van der Waals surface area contributed by atoms with Gasteiger partial charge in [-0.25, -0.2) is 0 Å². The molecule has 76 valence electrons. The van der Waals surface area contributed by atoms with Gasteiger partial charge in [0.15, 0.2) is 0 Å². The number of likely N-dealkylation sites (tertiary alicyclic amines) is 1. The van der Waals surface area contributed by atoms with Crippen molar-refractivity contribution in [1.82, 2.24) is 4.90 Å². The van der Waals surface area contributed by atoms with Crippen molar-refractivity contribution >= 4 is 0 Å². The second kappa shape index (κ2) is 3.58. The Balaban J connectivity index is 1.86. The van der Waals surface area contributed by atoms with Gasteiger partial charge < -0.3 is 10.6 Å². The van der Waals surface area contributed by atoms with Gasteiger partial charge in [0.1, 0.15) is 0 Å². The highest BCUT2D eigenvalue weighted by molar-refractivity contribution is 4.97. The van der Waals surface area contributed by atoms with E-state index in [0.717, 1.165) is 6.04 Å². The van der Waals surface area contributed by atoms with Crippen molar-refractivity contribution in [3.05, 3.63) is 0 Å². The van der Waals surface area contributed by atoms with Crippen molar-refractivity contribution in [2.24, 2.45) is 5.73 Å². The first kappa shape index (κ1) is 9.47. The number of nitrogens with two attached hydrogens (primary N) is 1. The Morgan fingerprint density at radius 2 is 2.15 bits per heavy atom. The van der Waals surface area contributed by atoms with E-state index in [1.54, 1.807) is 0 Å². The molecule has 0 aromatic heterocycles. The minimum absolute atomic E-state index is 0.225. The van der Waals surface area contributed by atoms with Crippen LogP contribution >= 0.6 is 0 Å². The lowest BCUT2D eigenvalue weighted by molar-refractivity contribution is 0.156. The number of hydrogen-bond acceptors (Lipinski definition) is 2. The van der Waals surface area contributed by atoms with Crippen molar-refractivity contribution in [2.75, 3.05) is 13.1 Å². The van der Waals surface area contributed by atoms with Gasteiger partial charge in [0.25, 0.3) is 0 Å². The zero-order chi connectivity index (χ0) is 9.31. The second-order valence-electron chi connectivity index (χ2n) is 4.84. The maximum absolute atomic E-state index is 6.27. The van der Waals surface area contributed by atoms with Crippen LogP contribution < -0.4 is 5.73 Å². The maximum Gasteiger partial charge on any atom is 0.0169 e. The molecule has 13 heavy (non-hydrogen) atoms. The van der Waals surface area contributed by atoms with Crippen LogP contribution in [0.2, 0.25) is 0 Å². The molecule has 0 bridgehead atoms. The van der Waals surface area contributed by atoms with E-state index in [-0.39, 0.29) is 5.54 Å². The first-order valence-electron chi connectivity index (χ1n) is 5.76. The summed E-state index contributed by atoms with van der Waals surface area (Å²) in [5.74, 6) is 0. The topological polar surface area (TPSA) is 29.3 Å². The van der Waals surface area contributed by atoms with E-state index in [2.05, 4.69) is 11.8 Å². The van der Waals surface area contributed by atoms with Crippen LogP contribution in [-0.4, -0.2) is 29.6 Å². The highest BCUT2D eigenvalue weighted by Gasteiger charge is 2.37. The van der Waals surface area contributed by atoms with Gasteiger partial charge in [-0.3, -0.25) is 0 Å². The zero-order valence-electron chi connectivity index (χ0n) is 8.76. The minimum Gasteiger partial charge on any atom is -0.325 e. The predicted molar refractivity (Wildman–Crippen MR) is 55.7 cm³/mol. The Bertz CT molecular complexity index is 175. The lowest BCUT2D eigenvalue weighted by atomic mass is 9.73. The van der Waals surface area contributed by atoms with Crippen LogP contribution in [-0.2, 0) is 0 Å². The first-order valence-corrected chi connectivity index (χ1v) is 5.76. The van der Waals surface area contributed by atoms with Crippen molar-refractivity contribution < 1.29 is 0 Å². The summed E-state index contributed by atoms with van der Waals surface area (Å²) in [5.41, 5.74) is 6.50. The molecule has 0 aromatic rings. The average molecular weight is 182 g/mol. The fraction of sp³-hybridized carbons (Fsp3) is 1.00. The van der Waals surface area contributed by atoms with Gasteiger partial charge in [0.05, 0.1) is 0 Å². The quantitative estimate of drug-likeness (QED) is 0.720. The molecular weight excluding hydrogens is 160 g/mol. The summed E-state index contributed by atoms with van der Waals surface area (Å²) < 4.78 is 0. The van der Waals surface area contributed by atoms with E-state index < -0.39 is 0 Å². The third-order valence-electron chi connectivity index (χ3n) is 3.90. The summed E-state index contributed by atoms with van der Waals surface area (Å²) in [4.78, 5) is 2.60. The molecule has 0 aromatic carbocycles. The summed E-state index contributed by atoms with van der Waals surface area (Å²) in [6.45, 7) is 4.78. The van der Waals surface area contributed by atoms with E-state index in [1.807, 2.05) is 0 Å². The fourth-order valence-electron chi connectivity index (χ4n) is 2.85. The molecular formula is C11H22N2. The van der Waals surface area contributed by atoms with Crippen LogP contribution in [0.3, 0.4) is 0 Å². The van der Waals surface area contributed by atoms with Crippen LogP contribution in [0.5, 0.6) is 0 Å². The van der Waals surface area contributed by atoms with E-state index in [4.69, 9.17) is 5.73 Å². The summed E-state index contributed by atoms with van der Waals surface area (Å²) in [6.07, 6.45) is 7.90. The maximum atomic E-state index is 6.27. The molecule has 1 atom stereocenters. The predicted octanol–water partition coefficient (Wildman–Crippen LogP) is 1.74. The number of nitrogens with zero attached hydrogens (tertiary/aromatic N) is 1. The fourth-order valence-corrected chi connectivity index (χ4v) is 2.85. The largest absolute Gasteiger partial charge is 0.325 e. The third kappa shape index (κ3) is 1.89. The Morgan fingerprint density at radius 1 is 1.38 bits per heavy atom. The Labute approximate surface area is 81.5 Å². The average Bonchev–Trinajstić information content (AvgIpc) is 2.49. The molecule has 2 fully saturated rings. The van der Waals surface area contributed by atoms with E-state index >= 15 is 0 Å². The van der Waals surface area contributed by atoms with Crippen molar-refractivity contribution in [1.29, 1.82) is 0 Å². The lowest BCUT2D eigenvalue weighted by Gasteiger charge is -2.41. The molecule has 2 rings (SSSR count). The van der Waals surface area contributed by atoms with Crippen LogP contribution in [0.1, 0.15) is 45.4 Å². The zero-order valence-corrected chi connectivity index (χ0v) is 8.76. The van der Waals surface area contributed by atoms with Crippen LogP contribution in [0.15, 0.2) is 0 Å². The normalized spacial score (nSPS) is 33.2. The highest BCUT2D eigenvalue weighted by Crippen LogP contribution is 2.36. The van der Waals surface area contributed by atoms with Crippen molar-refractivity contribution in [3.63, 3.8) is 0 Å². The first-order chi connectivity index (χ1) is 6.23. The minimum atomic E-state index is 0.225.